The molecule has 3 heterocycles. The first-order chi connectivity index (χ1) is 14.1. The Balaban J connectivity index is 1.38. The molecule has 0 spiro atoms. The van der Waals surface area contributed by atoms with Gasteiger partial charge in [0.2, 0.25) is 5.91 Å². The first kappa shape index (κ1) is 20.2. The number of hydrogen-bond acceptors (Lipinski definition) is 5. The molecular formula is C22H28N4O2S. The lowest BCUT2D eigenvalue weighted by Crippen LogP contribution is -2.51. The van der Waals surface area contributed by atoms with Crippen LogP contribution in [0.25, 0.3) is 0 Å². The van der Waals surface area contributed by atoms with Gasteiger partial charge in [-0.15, -0.1) is 0 Å². The molecule has 0 saturated carbocycles. The van der Waals surface area contributed by atoms with Crippen LogP contribution in [0.2, 0.25) is 0 Å². The summed E-state index contributed by atoms with van der Waals surface area (Å²) in [6, 6.07) is 10.5. The summed E-state index contributed by atoms with van der Waals surface area (Å²) in [5.74, 6) is 0.716. The monoisotopic (exact) mass is 412 g/mol. The Morgan fingerprint density at radius 2 is 1.90 bits per heavy atom. The summed E-state index contributed by atoms with van der Waals surface area (Å²) >= 11 is 1.53. The van der Waals surface area contributed by atoms with Gasteiger partial charge in [0.15, 0.2) is 5.16 Å². The molecule has 0 radical (unpaired) electrons. The van der Waals surface area contributed by atoms with Crippen molar-refractivity contribution in [2.45, 2.75) is 38.5 Å². The number of carbonyl (C=O) groups excluding carboxylic acids is 1. The molecule has 6 nitrogen and oxygen atoms in total. The molecule has 0 bridgehead atoms. The van der Waals surface area contributed by atoms with Crippen LogP contribution in [0.1, 0.15) is 23.7 Å². The Bertz CT molecular complexity index is 936. The van der Waals surface area contributed by atoms with Crippen LogP contribution in [0.3, 0.4) is 0 Å². The second kappa shape index (κ2) is 8.71. The standard InChI is InChI=1S/C22H28N4O2S/c1-3-19-16(2)23-22-26(21(19)28)14-18(15-29-22)20(27)25-11-9-24(10-12-25)13-17-7-5-4-6-8-17/h4-8,18H,3,9-15H2,1-2H3. The Kier molecular flexibility index (Phi) is 6.06. The van der Waals surface area contributed by atoms with Crippen LogP contribution in [0.4, 0.5) is 0 Å². The number of nitrogens with zero attached hydrogens (tertiary/aromatic N) is 4. The molecule has 29 heavy (non-hydrogen) atoms. The van der Waals surface area contributed by atoms with Crippen molar-refractivity contribution < 1.29 is 4.79 Å². The summed E-state index contributed by atoms with van der Waals surface area (Å²) < 4.78 is 1.72. The zero-order chi connectivity index (χ0) is 20.4. The molecule has 1 fully saturated rings. The zero-order valence-electron chi connectivity index (χ0n) is 17.1. The van der Waals surface area contributed by atoms with E-state index < -0.39 is 0 Å². The van der Waals surface area contributed by atoms with Crippen molar-refractivity contribution in [3.8, 4) is 0 Å². The van der Waals surface area contributed by atoms with Gasteiger partial charge in [0, 0.05) is 56.3 Å². The maximum Gasteiger partial charge on any atom is 0.257 e. The highest BCUT2D eigenvalue weighted by Crippen LogP contribution is 2.27. The van der Waals surface area contributed by atoms with E-state index in [1.807, 2.05) is 24.8 Å². The number of rotatable bonds is 4. The second-order valence-corrected chi connectivity index (χ2v) is 8.81. The first-order valence-electron chi connectivity index (χ1n) is 10.3. The molecule has 1 atom stereocenters. The first-order valence-corrected chi connectivity index (χ1v) is 11.3. The number of carbonyl (C=O) groups is 1. The summed E-state index contributed by atoms with van der Waals surface area (Å²) in [6.07, 6.45) is 0.671. The highest BCUT2D eigenvalue weighted by molar-refractivity contribution is 7.99. The Labute approximate surface area is 175 Å². The lowest BCUT2D eigenvalue weighted by atomic mass is 10.1. The largest absolute Gasteiger partial charge is 0.340 e. The van der Waals surface area contributed by atoms with Crippen LogP contribution in [-0.2, 0) is 24.3 Å². The molecule has 1 aromatic carbocycles. The number of amides is 1. The SMILES string of the molecule is CCc1c(C)nc2n(c1=O)CC(C(=O)N1CCN(Cc3ccccc3)CC1)CS2. The minimum atomic E-state index is -0.153. The fraction of sp³-hybridized carbons (Fsp3) is 0.500. The van der Waals surface area contributed by atoms with Crippen LogP contribution in [0, 0.1) is 12.8 Å². The summed E-state index contributed by atoms with van der Waals surface area (Å²) in [5.41, 5.74) is 2.90. The molecule has 2 aliphatic rings. The lowest BCUT2D eigenvalue weighted by Gasteiger charge is -2.37. The van der Waals surface area contributed by atoms with Gasteiger partial charge in [-0.1, -0.05) is 49.0 Å². The van der Waals surface area contributed by atoms with Crippen molar-refractivity contribution in [1.29, 1.82) is 0 Å². The van der Waals surface area contributed by atoms with Crippen LogP contribution < -0.4 is 5.56 Å². The van der Waals surface area contributed by atoms with Crippen molar-refractivity contribution in [3.63, 3.8) is 0 Å². The van der Waals surface area contributed by atoms with Crippen molar-refractivity contribution in [2.75, 3.05) is 31.9 Å². The van der Waals surface area contributed by atoms with Gasteiger partial charge < -0.3 is 4.90 Å². The third kappa shape index (κ3) is 4.26. The Hall–Kier alpha value is -2.12. The van der Waals surface area contributed by atoms with Gasteiger partial charge in [-0.25, -0.2) is 4.98 Å². The quantitative estimate of drug-likeness (QED) is 0.721. The van der Waals surface area contributed by atoms with Gasteiger partial charge in [-0.2, -0.15) is 0 Å². The highest BCUT2D eigenvalue weighted by atomic mass is 32.2. The highest BCUT2D eigenvalue weighted by Gasteiger charge is 2.32. The van der Waals surface area contributed by atoms with Gasteiger partial charge in [0.1, 0.15) is 0 Å². The fourth-order valence-corrected chi connectivity index (χ4v) is 5.29. The molecular weight excluding hydrogens is 384 g/mol. The second-order valence-electron chi connectivity index (χ2n) is 7.82. The van der Waals surface area contributed by atoms with Crippen LogP contribution >= 0.6 is 11.8 Å². The molecule has 2 aromatic rings. The van der Waals surface area contributed by atoms with Crippen LogP contribution in [-0.4, -0.2) is 57.2 Å². The fourth-order valence-electron chi connectivity index (χ4n) is 4.18. The normalized spacial score (nSPS) is 19.8. The van der Waals surface area contributed by atoms with E-state index in [0.29, 0.717) is 18.7 Å². The predicted molar refractivity (Wildman–Crippen MR) is 115 cm³/mol. The van der Waals surface area contributed by atoms with Crippen molar-refractivity contribution >= 4 is 17.7 Å². The van der Waals surface area contributed by atoms with Gasteiger partial charge in [-0.05, 0) is 18.9 Å². The molecule has 1 unspecified atom stereocenters. The van der Waals surface area contributed by atoms with E-state index in [-0.39, 0.29) is 17.4 Å². The number of piperazine rings is 1. The molecule has 7 heteroatoms. The number of hydrogen-bond donors (Lipinski definition) is 0. The van der Waals surface area contributed by atoms with E-state index in [1.54, 1.807) is 4.57 Å². The van der Waals surface area contributed by atoms with Gasteiger partial charge in [0.25, 0.3) is 5.56 Å². The minimum Gasteiger partial charge on any atom is -0.340 e. The Morgan fingerprint density at radius 3 is 2.59 bits per heavy atom. The van der Waals surface area contributed by atoms with E-state index in [2.05, 4.69) is 34.1 Å². The summed E-state index contributed by atoms with van der Waals surface area (Å²) in [4.78, 5) is 34.9. The van der Waals surface area contributed by atoms with Crippen LogP contribution in [0.15, 0.2) is 40.3 Å². The molecule has 154 valence electrons. The molecule has 0 aliphatic carbocycles. The third-order valence-electron chi connectivity index (χ3n) is 5.89. The van der Waals surface area contributed by atoms with E-state index in [0.717, 1.165) is 49.1 Å². The number of aromatic nitrogens is 2. The summed E-state index contributed by atoms with van der Waals surface area (Å²) in [7, 11) is 0. The molecule has 1 amide bonds. The smallest absolute Gasteiger partial charge is 0.257 e. The summed E-state index contributed by atoms with van der Waals surface area (Å²) in [5, 5.41) is 0.751. The van der Waals surface area contributed by atoms with Gasteiger partial charge >= 0.3 is 0 Å². The molecule has 0 N–H and O–H groups in total. The minimum absolute atomic E-state index is 0.0210. The average Bonchev–Trinajstić information content (AvgIpc) is 2.75. The maximum atomic E-state index is 13.1. The Morgan fingerprint density at radius 1 is 1.17 bits per heavy atom. The van der Waals surface area contributed by atoms with Crippen LogP contribution in [0.5, 0.6) is 0 Å². The summed E-state index contributed by atoms with van der Waals surface area (Å²) in [6.45, 7) is 8.53. The number of benzene rings is 1. The maximum absolute atomic E-state index is 13.1. The lowest BCUT2D eigenvalue weighted by molar-refractivity contribution is -0.137. The van der Waals surface area contributed by atoms with Crippen molar-refractivity contribution in [1.82, 2.24) is 19.4 Å². The molecule has 2 aliphatic heterocycles. The predicted octanol–water partition coefficient (Wildman–Crippen LogP) is 2.18. The molecule has 1 aromatic heterocycles. The van der Waals surface area contributed by atoms with E-state index in [4.69, 9.17) is 0 Å². The van der Waals surface area contributed by atoms with E-state index >= 15 is 0 Å². The van der Waals surface area contributed by atoms with Crippen molar-refractivity contribution in [3.05, 3.63) is 57.5 Å². The van der Waals surface area contributed by atoms with Crippen molar-refractivity contribution in [2.24, 2.45) is 5.92 Å². The van der Waals surface area contributed by atoms with E-state index in [9.17, 15) is 9.59 Å². The average molecular weight is 413 g/mol. The number of fused-ring (bicyclic) bond motifs is 1. The zero-order valence-corrected chi connectivity index (χ0v) is 18.0. The van der Waals surface area contributed by atoms with E-state index in [1.165, 1.54) is 17.3 Å². The van der Waals surface area contributed by atoms with Gasteiger partial charge in [-0.3, -0.25) is 19.1 Å². The molecule has 1 saturated heterocycles. The number of aryl methyl sites for hydroxylation is 1. The number of thioether (sulfide) groups is 1. The van der Waals surface area contributed by atoms with Gasteiger partial charge in [0.05, 0.1) is 5.92 Å². The third-order valence-corrected chi connectivity index (χ3v) is 7.03. The molecule has 4 rings (SSSR count). The topological polar surface area (TPSA) is 58.4 Å².